The van der Waals surface area contributed by atoms with Crippen molar-refractivity contribution in [2.75, 3.05) is 4.72 Å². The highest BCUT2D eigenvalue weighted by molar-refractivity contribution is 7.92. The van der Waals surface area contributed by atoms with Crippen LogP contribution in [0.2, 0.25) is 5.02 Å². The second-order valence-electron chi connectivity index (χ2n) is 6.40. The molecule has 0 bridgehead atoms. The minimum Gasteiger partial charge on any atom is -0.481 e. The first-order valence-corrected chi connectivity index (χ1v) is 10.2. The highest BCUT2D eigenvalue weighted by atomic mass is 35.5. The molecule has 0 saturated carbocycles. The highest BCUT2D eigenvalue weighted by Crippen LogP contribution is 2.28. The molecular weight excluding hydrogens is 386 g/mol. The summed E-state index contributed by atoms with van der Waals surface area (Å²) in [6.07, 6.45) is 3.69. The lowest BCUT2D eigenvalue weighted by atomic mass is 10.1. The molecule has 0 amide bonds. The van der Waals surface area contributed by atoms with Crippen LogP contribution in [0.15, 0.2) is 41.3 Å². The van der Waals surface area contributed by atoms with Gasteiger partial charge in [-0.15, -0.1) is 0 Å². The second-order valence-corrected chi connectivity index (χ2v) is 8.46. The van der Waals surface area contributed by atoms with Gasteiger partial charge in [-0.2, -0.15) is 0 Å². The van der Waals surface area contributed by atoms with Crippen molar-refractivity contribution >= 4 is 39.4 Å². The lowest BCUT2D eigenvalue weighted by Crippen LogP contribution is -2.16. The zero-order valence-corrected chi connectivity index (χ0v) is 17.0. The number of sulfonamides is 1. The molecular formula is C20H22ClNO4S. The molecule has 0 spiro atoms. The Morgan fingerprint density at radius 3 is 2.37 bits per heavy atom. The standard InChI is InChI=1S/C20H22ClNO4S/c1-13-10-14(2)20(15(3)11-13)27(25,26)22-18-9-8-17(21)12-16(18)6-4-5-7-19(23)24/h4,6,8-12,22H,5,7H2,1-3H3,(H,23,24). The molecule has 0 aliphatic heterocycles. The topological polar surface area (TPSA) is 83.5 Å². The molecule has 5 nitrogen and oxygen atoms in total. The molecule has 144 valence electrons. The molecule has 0 fully saturated rings. The Labute approximate surface area is 164 Å². The SMILES string of the molecule is Cc1cc(C)c(S(=O)(=O)Nc2ccc(Cl)cc2C=CCCC(=O)O)c(C)c1. The summed E-state index contributed by atoms with van der Waals surface area (Å²) in [5.74, 6) is -0.892. The number of carboxylic acids is 1. The molecule has 2 aromatic rings. The lowest BCUT2D eigenvalue weighted by Gasteiger charge is -2.15. The maximum atomic E-state index is 13.0. The van der Waals surface area contributed by atoms with Gasteiger partial charge >= 0.3 is 5.97 Å². The van der Waals surface area contributed by atoms with Gasteiger partial charge in [-0.05, 0) is 62.1 Å². The van der Waals surface area contributed by atoms with Crippen LogP contribution in [0, 0.1) is 20.8 Å². The van der Waals surface area contributed by atoms with Gasteiger partial charge in [-0.25, -0.2) is 8.42 Å². The van der Waals surface area contributed by atoms with Crippen LogP contribution in [0.3, 0.4) is 0 Å². The van der Waals surface area contributed by atoms with Crippen LogP contribution >= 0.6 is 11.6 Å². The minimum absolute atomic E-state index is 0.000117. The molecule has 0 unspecified atom stereocenters. The third kappa shape index (κ3) is 5.58. The molecule has 0 heterocycles. The Morgan fingerprint density at radius 2 is 1.78 bits per heavy atom. The van der Waals surface area contributed by atoms with E-state index in [-0.39, 0.29) is 11.3 Å². The number of carboxylic acid groups (broad SMARTS) is 1. The summed E-state index contributed by atoms with van der Waals surface area (Å²) in [7, 11) is -3.79. The van der Waals surface area contributed by atoms with Gasteiger partial charge in [0.05, 0.1) is 10.6 Å². The monoisotopic (exact) mass is 407 g/mol. The molecule has 0 aliphatic carbocycles. The van der Waals surface area contributed by atoms with E-state index in [0.29, 0.717) is 33.8 Å². The van der Waals surface area contributed by atoms with Crippen LogP contribution in [0.5, 0.6) is 0 Å². The molecule has 2 rings (SSSR count). The predicted molar refractivity (Wildman–Crippen MR) is 109 cm³/mol. The molecule has 2 aromatic carbocycles. The van der Waals surface area contributed by atoms with Gasteiger partial charge in [0.2, 0.25) is 0 Å². The third-order valence-corrected chi connectivity index (χ3v) is 5.86. The van der Waals surface area contributed by atoms with Crippen LogP contribution in [-0.2, 0) is 14.8 Å². The van der Waals surface area contributed by atoms with Gasteiger partial charge < -0.3 is 5.11 Å². The van der Waals surface area contributed by atoms with E-state index in [0.717, 1.165) is 5.56 Å². The Morgan fingerprint density at radius 1 is 1.15 bits per heavy atom. The zero-order valence-electron chi connectivity index (χ0n) is 15.4. The van der Waals surface area contributed by atoms with Gasteiger partial charge in [-0.3, -0.25) is 9.52 Å². The summed E-state index contributed by atoms with van der Waals surface area (Å²) in [6, 6.07) is 8.48. The van der Waals surface area contributed by atoms with Crippen molar-refractivity contribution in [2.45, 2.75) is 38.5 Å². The molecule has 0 radical (unpaired) electrons. The van der Waals surface area contributed by atoms with Crippen molar-refractivity contribution in [2.24, 2.45) is 0 Å². The van der Waals surface area contributed by atoms with E-state index < -0.39 is 16.0 Å². The van der Waals surface area contributed by atoms with Gasteiger partial charge in [0.1, 0.15) is 0 Å². The quantitative estimate of drug-likeness (QED) is 0.680. The van der Waals surface area contributed by atoms with E-state index in [1.165, 1.54) is 0 Å². The second kappa shape index (κ2) is 8.59. The number of rotatable bonds is 7. The van der Waals surface area contributed by atoms with Crippen molar-refractivity contribution in [1.29, 1.82) is 0 Å². The van der Waals surface area contributed by atoms with E-state index in [1.54, 1.807) is 44.2 Å². The average molecular weight is 408 g/mol. The van der Waals surface area contributed by atoms with Crippen molar-refractivity contribution in [3.63, 3.8) is 0 Å². The van der Waals surface area contributed by atoms with Gasteiger partial charge in [0.15, 0.2) is 0 Å². The van der Waals surface area contributed by atoms with Crippen LogP contribution in [0.4, 0.5) is 5.69 Å². The van der Waals surface area contributed by atoms with Crippen LogP contribution < -0.4 is 4.72 Å². The zero-order chi connectivity index (χ0) is 20.2. The van der Waals surface area contributed by atoms with Gasteiger partial charge in [-0.1, -0.05) is 41.4 Å². The van der Waals surface area contributed by atoms with E-state index in [1.807, 2.05) is 19.1 Å². The predicted octanol–water partition coefficient (Wildman–Crippen LogP) is 4.94. The maximum absolute atomic E-state index is 13.0. The van der Waals surface area contributed by atoms with E-state index >= 15 is 0 Å². The first-order valence-electron chi connectivity index (χ1n) is 8.38. The van der Waals surface area contributed by atoms with E-state index in [9.17, 15) is 13.2 Å². The molecule has 0 aliphatic rings. The number of anilines is 1. The summed E-state index contributed by atoms with van der Waals surface area (Å²) >= 11 is 6.03. The summed E-state index contributed by atoms with van der Waals surface area (Å²) in [4.78, 5) is 10.9. The van der Waals surface area contributed by atoms with Crippen molar-refractivity contribution in [3.05, 3.63) is 63.7 Å². The summed E-state index contributed by atoms with van der Waals surface area (Å²) in [5.41, 5.74) is 3.29. The minimum atomic E-state index is -3.79. The number of carbonyl (C=O) groups is 1. The van der Waals surface area contributed by atoms with Crippen LogP contribution in [0.1, 0.15) is 35.1 Å². The number of nitrogens with one attached hydrogen (secondary N) is 1. The number of hydrogen-bond acceptors (Lipinski definition) is 3. The number of hydrogen-bond donors (Lipinski definition) is 2. The van der Waals surface area contributed by atoms with E-state index in [4.69, 9.17) is 16.7 Å². The van der Waals surface area contributed by atoms with Gasteiger partial charge in [0.25, 0.3) is 10.0 Å². The van der Waals surface area contributed by atoms with Crippen molar-refractivity contribution < 1.29 is 18.3 Å². The van der Waals surface area contributed by atoms with Crippen LogP contribution in [0.25, 0.3) is 6.08 Å². The summed E-state index contributed by atoms with van der Waals surface area (Å²) in [6.45, 7) is 5.45. The Hall–Kier alpha value is -2.31. The maximum Gasteiger partial charge on any atom is 0.303 e. The molecule has 0 saturated heterocycles. The number of benzene rings is 2. The first kappa shape index (κ1) is 21.0. The molecule has 0 aromatic heterocycles. The molecule has 2 N–H and O–H groups in total. The Kier molecular flexibility index (Phi) is 6.68. The Balaban J connectivity index is 2.38. The number of halogens is 1. The summed E-state index contributed by atoms with van der Waals surface area (Å²) in [5, 5.41) is 9.17. The largest absolute Gasteiger partial charge is 0.481 e. The van der Waals surface area contributed by atoms with Crippen LogP contribution in [-0.4, -0.2) is 19.5 Å². The number of allylic oxidation sites excluding steroid dienone is 1. The van der Waals surface area contributed by atoms with Crippen molar-refractivity contribution in [1.82, 2.24) is 0 Å². The lowest BCUT2D eigenvalue weighted by molar-refractivity contribution is -0.136. The normalized spacial score (nSPS) is 11.7. The fraction of sp³-hybridized carbons (Fsp3) is 0.250. The third-order valence-electron chi connectivity index (χ3n) is 3.95. The molecule has 27 heavy (non-hydrogen) atoms. The fourth-order valence-electron chi connectivity index (χ4n) is 2.97. The number of aryl methyl sites for hydroxylation is 3. The number of aliphatic carboxylic acids is 1. The van der Waals surface area contributed by atoms with Crippen molar-refractivity contribution in [3.8, 4) is 0 Å². The first-order chi connectivity index (χ1) is 12.6. The molecule has 7 heteroatoms. The summed E-state index contributed by atoms with van der Waals surface area (Å²) < 4.78 is 28.6. The molecule has 0 atom stereocenters. The average Bonchev–Trinajstić information content (AvgIpc) is 2.52. The smallest absolute Gasteiger partial charge is 0.303 e. The van der Waals surface area contributed by atoms with E-state index in [2.05, 4.69) is 4.72 Å². The van der Waals surface area contributed by atoms with Gasteiger partial charge in [0, 0.05) is 11.4 Å². The highest BCUT2D eigenvalue weighted by Gasteiger charge is 2.21. The fourth-order valence-corrected chi connectivity index (χ4v) is 4.69. The Bertz CT molecular complexity index is 974.